The number of hydrogen-bond donors (Lipinski definition) is 0. The average Bonchev–Trinajstić information content (AvgIpc) is 3.37. The summed E-state index contributed by atoms with van der Waals surface area (Å²) in [5, 5.41) is 2.64. The van der Waals surface area contributed by atoms with E-state index in [-0.39, 0.29) is 5.41 Å². The maximum Gasteiger partial charge on any atom is 0.132 e. The van der Waals surface area contributed by atoms with Gasteiger partial charge in [0.1, 0.15) is 11.5 Å². The Hall–Kier alpha value is -5.40. The van der Waals surface area contributed by atoms with Crippen LogP contribution in [0.2, 0.25) is 0 Å². The molecule has 0 amide bonds. The first-order valence-electron chi connectivity index (χ1n) is 15.9. The second kappa shape index (κ2) is 8.61. The largest absolute Gasteiger partial charge is 0.457 e. The molecule has 0 fully saturated rings. The fourth-order valence-electron chi connectivity index (χ4n) is 8.92. The molecule has 7 aromatic rings. The highest BCUT2D eigenvalue weighted by atomic mass is 16.5. The number of benzene rings is 7. The molecule has 1 atom stereocenters. The Balaban J connectivity index is 1.31. The summed E-state index contributed by atoms with van der Waals surface area (Å²) >= 11 is 0. The lowest BCUT2D eigenvalue weighted by molar-refractivity contribution is 0.419. The van der Waals surface area contributed by atoms with Crippen LogP contribution < -0.4 is 4.74 Å². The molecule has 1 nitrogen and oxygen atoms in total. The highest BCUT2D eigenvalue weighted by Crippen LogP contribution is 2.62. The lowest BCUT2D eigenvalue weighted by Gasteiger charge is -2.40. The Labute approximate surface area is 263 Å². The number of rotatable bonds is 1. The van der Waals surface area contributed by atoms with E-state index in [4.69, 9.17) is 4.74 Å². The lowest BCUT2D eigenvalue weighted by atomic mass is 9.61. The van der Waals surface area contributed by atoms with Crippen molar-refractivity contribution in [1.29, 1.82) is 0 Å². The van der Waals surface area contributed by atoms with E-state index in [1.54, 1.807) is 0 Å². The van der Waals surface area contributed by atoms with Gasteiger partial charge >= 0.3 is 0 Å². The van der Waals surface area contributed by atoms with E-state index in [1.807, 2.05) is 0 Å². The molecular formula is C44H30O. The number of fused-ring (bicyclic) bond motifs is 11. The van der Waals surface area contributed by atoms with Gasteiger partial charge in [0, 0.05) is 16.5 Å². The van der Waals surface area contributed by atoms with Gasteiger partial charge in [-0.15, -0.1) is 0 Å². The Bertz CT molecular complexity index is 2390. The molecule has 3 aliphatic rings. The van der Waals surface area contributed by atoms with Gasteiger partial charge in [-0.1, -0.05) is 141 Å². The molecule has 1 unspecified atom stereocenters. The highest BCUT2D eigenvalue weighted by Gasteiger charge is 2.50. The van der Waals surface area contributed by atoms with Crippen molar-refractivity contribution >= 4 is 10.8 Å². The van der Waals surface area contributed by atoms with Gasteiger partial charge in [-0.2, -0.15) is 0 Å². The van der Waals surface area contributed by atoms with Crippen molar-refractivity contribution in [3.63, 3.8) is 0 Å². The quantitative estimate of drug-likeness (QED) is 0.189. The molecule has 0 saturated carbocycles. The number of ether oxygens (including phenoxy) is 1. The van der Waals surface area contributed by atoms with E-state index in [0.29, 0.717) is 0 Å². The summed E-state index contributed by atoms with van der Waals surface area (Å²) in [6.45, 7) is 4.66. The van der Waals surface area contributed by atoms with Crippen LogP contribution in [0.25, 0.3) is 44.2 Å². The van der Waals surface area contributed by atoms with Gasteiger partial charge in [0.25, 0.3) is 0 Å². The molecule has 10 rings (SSSR count). The topological polar surface area (TPSA) is 9.23 Å². The van der Waals surface area contributed by atoms with Crippen LogP contribution in [0, 0.1) is 0 Å². The summed E-state index contributed by atoms with van der Waals surface area (Å²) in [5.74, 6) is 1.89. The standard InChI is InChI=1S/C44H30O/c1-43(2)36-20-7-8-22-39(36)45-40-23-11-16-29(42(40)43)28-24-25-32-30-14-3-5-18-34(30)44(38(32)26-28)35-19-6-4-15-31(35)33-17-9-12-27-13-10-21-37(44)41(27)33/h3-26H,1-2H3. The van der Waals surface area contributed by atoms with Gasteiger partial charge in [-0.3, -0.25) is 0 Å². The molecule has 2 aliphatic carbocycles. The Kier molecular flexibility index (Phi) is 4.78. The summed E-state index contributed by atoms with van der Waals surface area (Å²) in [6, 6.07) is 54.0. The first-order chi connectivity index (χ1) is 22.1. The van der Waals surface area contributed by atoms with Gasteiger partial charge in [-0.05, 0) is 84.6 Å². The van der Waals surface area contributed by atoms with Crippen LogP contribution in [0.4, 0.5) is 0 Å². The highest BCUT2D eigenvalue weighted by molar-refractivity contribution is 6.07. The van der Waals surface area contributed by atoms with Crippen LogP contribution in [0.5, 0.6) is 11.5 Å². The van der Waals surface area contributed by atoms with Crippen molar-refractivity contribution in [2.45, 2.75) is 24.7 Å². The second-order valence-electron chi connectivity index (χ2n) is 13.2. The molecular weight excluding hydrogens is 544 g/mol. The minimum Gasteiger partial charge on any atom is -0.457 e. The van der Waals surface area contributed by atoms with E-state index < -0.39 is 5.41 Å². The summed E-state index contributed by atoms with van der Waals surface area (Å²) in [5.41, 5.74) is 15.0. The summed E-state index contributed by atoms with van der Waals surface area (Å²) in [6.07, 6.45) is 0. The van der Waals surface area contributed by atoms with Crippen LogP contribution in [-0.4, -0.2) is 0 Å². The molecule has 1 aliphatic heterocycles. The molecule has 1 spiro atoms. The van der Waals surface area contributed by atoms with E-state index >= 15 is 0 Å². The predicted octanol–water partition coefficient (Wildman–Crippen LogP) is 11.3. The van der Waals surface area contributed by atoms with E-state index in [1.165, 1.54) is 77.5 Å². The van der Waals surface area contributed by atoms with Crippen LogP contribution in [0.1, 0.15) is 47.2 Å². The monoisotopic (exact) mass is 574 g/mol. The van der Waals surface area contributed by atoms with Crippen molar-refractivity contribution in [3.05, 3.63) is 179 Å². The summed E-state index contributed by atoms with van der Waals surface area (Å²) in [4.78, 5) is 0. The zero-order valence-electron chi connectivity index (χ0n) is 25.3. The third kappa shape index (κ3) is 3.03. The second-order valence-corrected chi connectivity index (χ2v) is 13.2. The van der Waals surface area contributed by atoms with Gasteiger partial charge in [-0.25, -0.2) is 0 Å². The average molecular weight is 575 g/mol. The molecule has 0 saturated heterocycles. The van der Waals surface area contributed by atoms with Crippen LogP contribution in [-0.2, 0) is 10.8 Å². The van der Waals surface area contributed by atoms with Crippen molar-refractivity contribution in [1.82, 2.24) is 0 Å². The molecule has 0 bridgehead atoms. The smallest absolute Gasteiger partial charge is 0.132 e. The summed E-state index contributed by atoms with van der Waals surface area (Å²) < 4.78 is 6.55. The maximum absolute atomic E-state index is 6.55. The van der Waals surface area contributed by atoms with Gasteiger partial charge in [0.2, 0.25) is 0 Å². The molecule has 212 valence electrons. The molecule has 0 aromatic heterocycles. The van der Waals surface area contributed by atoms with Crippen LogP contribution in [0.3, 0.4) is 0 Å². The van der Waals surface area contributed by atoms with Crippen molar-refractivity contribution in [2.24, 2.45) is 0 Å². The minimum absolute atomic E-state index is 0.220. The third-order valence-electron chi connectivity index (χ3n) is 10.7. The van der Waals surface area contributed by atoms with Gasteiger partial charge in [0.15, 0.2) is 0 Å². The third-order valence-corrected chi connectivity index (χ3v) is 10.7. The molecule has 0 N–H and O–H groups in total. The zero-order valence-corrected chi connectivity index (χ0v) is 25.3. The number of para-hydroxylation sites is 1. The predicted molar refractivity (Wildman–Crippen MR) is 184 cm³/mol. The van der Waals surface area contributed by atoms with Crippen molar-refractivity contribution in [3.8, 4) is 44.9 Å². The maximum atomic E-state index is 6.55. The van der Waals surface area contributed by atoms with Crippen LogP contribution >= 0.6 is 0 Å². The molecule has 1 heterocycles. The fraction of sp³-hybridized carbons (Fsp3) is 0.0909. The number of hydrogen-bond acceptors (Lipinski definition) is 1. The molecule has 45 heavy (non-hydrogen) atoms. The Morgan fingerprint density at radius 2 is 0.978 bits per heavy atom. The van der Waals surface area contributed by atoms with E-state index in [9.17, 15) is 0 Å². The van der Waals surface area contributed by atoms with Crippen LogP contribution in [0.15, 0.2) is 146 Å². The fourth-order valence-corrected chi connectivity index (χ4v) is 8.92. The Morgan fingerprint density at radius 3 is 1.78 bits per heavy atom. The SMILES string of the molecule is CC1(C)c2ccccc2Oc2cccc(-c3ccc4c(c3)C3(c5ccccc5-4)c4ccccc4-c4cccc5cccc3c45)c21. The minimum atomic E-state index is -0.431. The van der Waals surface area contributed by atoms with Gasteiger partial charge < -0.3 is 4.74 Å². The van der Waals surface area contributed by atoms with Crippen molar-refractivity contribution < 1.29 is 4.74 Å². The molecule has 1 heteroatoms. The van der Waals surface area contributed by atoms with Crippen molar-refractivity contribution in [2.75, 3.05) is 0 Å². The lowest BCUT2D eigenvalue weighted by Crippen LogP contribution is -2.31. The normalized spacial score (nSPS) is 17.6. The Morgan fingerprint density at radius 1 is 0.422 bits per heavy atom. The first-order valence-corrected chi connectivity index (χ1v) is 15.9. The van der Waals surface area contributed by atoms with E-state index in [2.05, 4.69) is 159 Å². The zero-order chi connectivity index (χ0) is 29.9. The van der Waals surface area contributed by atoms with Gasteiger partial charge in [0.05, 0.1) is 5.41 Å². The first kappa shape index (κ1) is 25.0. The van der Waals surface area contributed by atoms with E-state index in [0.717, 1.165) is 11.5 Å². The molecule has 0 radical (unpaired) electrons. The summed E-state index contributed by atoms with van der Waals surface area (Å²) in [7, 11) is 0. The molecule has 7 aromatic carbocycles.